The van der Waals surface area contributed by atoms with Crippen LogP contribution in [0.2, 0.25) is 0 Å². The second kappa shape index (κ2) is 127. The molecule has 0 saturated carbocycles. The van der Waals surface area contributed by atoms with E-state index in [2.05, 4.69) is 6.58 Å². The molecular weight excluding hydrogens is 1770 g/mol. The molecule has 738 valence electrons. The first-order valence-corrected chi connectivity index (χ1v) is 49.0. The van der Waals surface area contributed by atoms with Gasteiger partial charge in [0.1, 0.15) is 0 Å². The van der Waals surface area contributed by atoms with E-state index in [1.807, 2.05) is 882 Å². The summed E-state index contributed by atoms with van der Waals surface area (Å²) in [6.45, 7) is 5.64. The third-order valence-corrected chi connectivity index (χ3v) is 16.1. The average Bonchev–Trinajstić information content (AvgIpc) is 1.11. The molecule has 0 fully saturated rings. The van der Waals surface area contributed by atoms with E-state index >= 15 is 0 Å². The lowest BCUT2D eigenvalue weighted by Gasteiger charge is -1.77. The van der Waals surface area contributed by atoms with Crippen LogP contribution in [0, 0.1) is 0 Å². The Kier molecular flexibility index (Phi) is 111. The normalized spacial score (nSPS) is 15.8. The van der Waals surface area contributed by atoms with E-state index in [0.29, 0.717) is 0 Å². The molecule has 0 spiro atoms. The molecular formula is C147H150. The fourth-order valence-corrected chi connectivity index (χ4v) is 9.23. The number of rotatable bonds is 72. The van der Waals surface area contributed by atoms with Gasteiger partial charge in [0.2, 0.25) is 0 Å². The standard InChI is InChI=1S/C147H150/c1-3-5-7-9-11-13-15-17-19-21-23-25-27-29-31-33-35-37-39-41-43-45-47-49-51-53-55-57-59-61-63-65-67-69-71-73-75-77-79-81-83-85-87-89-91-93-95-97-99-101-103-105-107-109-111-113-115-117-119-121-123-125-127-129-131-133-135-137-139-141-143-145-147-146-144-142-140-138-136-134-132-130-128-126-124-122-120-118-116-114-112-110-108-106-104-102-100-98-96-94-92-90-88-86-84-82-80-78-76-74-72-70-68-66-64-62-60-58-56-54-52-50-48-46-44-42-40-38-36-34-32-30-28-26-24-22-20-18-16-14-12-10-8-6-4-2/h3-147H,1H2,2H3. The van der Waals surface area contributed by atoms with Gasteiger partial charge in [0.15, 0.2) is 0 Å². The van der Waals surface area contributed by atoms with Crippen molar-refractivity contribution in [3.05, 3.63) is 888 Å². The fourth-order valence-electron chi connectivity index (χ4n) is 9.23. The van der Waals surface area contributed by atoms with Crippen LogP contribution in [0.1, 0.15) is 6.92 Å². The first-order valence-electron chi connectivity index (χ1n) is 49.0. The highest BCUT2D eigenvalue weighted by Crippen LogP contribution is 2.00. The second-order valence-corrected chi connectivity index (χ2v) is 28.1. The highest BCUT2D eigenvalue weighted by atomic mass is 13.9. The lowest BCUT2D eigenvalue weighted by molar-refractivity contribution is 1.73. The first-order chi connectivity index (χ1) is 73.4. The third kappa shape index (κ3) is 127. The predicted molar refractivity (Wildman–Crippen MR) is 674 cm³/mol. The summed E-state index contributed by atoms with van der Waals surface area (Å²) in [7, 11) is 0. The van der Waals surface area contributed by atoms with Gasteiger partial charge in [-0.3, -0.25) is 0 Å². The highest BCUT2D eigenvalue weighted by molar-refractivity contribution is 5.36. The molecule has 0 N–H and O–H groups in total. The first kappa shape index (κ1) is 128. The largest absolute Gasteiger partial charge is 0.0991 e. The van der Waals surface area contributed by atoms with E-state index in [4.69, 9.17) is 0 Å². The zero-order chi connectivity index (χ0) is 105. The zero-order valence-corrected chi connectivity index (χ0v) is 85.4. The lowest BCUT2D eigenvalue weighted by atomic mass is 10.3. The van der Waals surface area contributed by atoms with E-state index < -0.39 is 0 Å². The fraction of sp³-hybridized carbons (Fsp3) is 0.00680. The Morgan fingerprint density at radius 1 is 0.0544 bits per heavy atom. The topological polar surface area (TPSA) is 0 Å². The van der Waals surface area contributed by atoms with Gasteiger partial charge >= 0.3 is 0 Å². The van der Waals surface area contributed by atoms with Gasteiger partial charge in [-0.05, 0) is 6.92 Å². The van der Waals surface area contributed by atoms with Crippen LogP contribution in [0.15, 0.2) is 888 Å². The van der Waals surface area contributed by atoms with Crippen LogP contribution in [0.25, 0.3) is 0 Å². The van der Waals surface area contributed by atoms with Crippen LogP contribution in [0.4, 0.5) is 0 Å². The van der Waals surface area contributed by atoms with Crippen LogP contribution < -0.4 is 0 Å². The Bertz CT molecular complexity index is 5250. The SMILES string of the molecule is C=CC=CC=CC=CC=CC=CC=CC=CC=CC=CC=CC=CC=CC=CC=CC=CC=CC=CC=CC=CC=CC=CC=CC=CC=CC=CC=CC=CC=CC=CC=CC=CC=CC=CC=CC=CC=CC=CC=CC=CC=CC=CC=CC=CC=CC=CC=CC=CC=CC=CC=CC=CC=CC=CC=CC=CC=CC=CC=CC=CC=CC=CC=CC=CC=CC=CC=CC=CC=CC=CC=CC=CC=CC. The third-order valence-electron chi connectivity index (χ3n) is 16.1. The summed E-state index contributed by atoms with van der Waals surface area (Å²) >= 11 is 0. The van der Waals surface area contributed by atoms with Crippen molar-refractivity contribution >= 4 is 0 Å². The number of hydrogen-bond donors (Lipinski definition) is 0. The van der Waals surface area contributed by atoms with Gasteiger partial charge in [-0.25, -0.2) is 0 Å². The van der Waals surface area contributed by atoms with Crippen LogP contribution in [0.3, 0.4) is 0 Å². The molecule has 0 nitrogen and oxygen atoms in total. The minimum Gasteiger partial charge on any atom is -0.0991 e. The van der Waals surface area contributed by atoms with Crippen molar-refractivity contribution in [1.29, 1.82) is 0 Å². The molecule has 147 heavy (non-hydrogen) atoms. The minimum absolute atomic E-state index is 1.75. The quantitative estimate of drug-likeness (QED) is 0.0533. The van der Waals surface area contributed by atoms with Gasteiger partial charge in [-0.15, -0.1) is 0 Å². The summed E-state index contributed by atoms with van der Waals surface area (Å²) in [5.41, 5.74) is 0. The maximum Gasteiger partial charge on any atom is -0.0467 e. The molecule has 0 aromatic heterocycles. The molecule has 0 aliphatic heterocycles. The molecule has 0 heteroatoms. The van der Waals surface area contributed by atoms with Crippen molar-refractivity contribution in [3.8, 4) is 0 Å². The van der Waals surface area contributed by atoms with Gasteiger partial charge in [0.05, 0.1) is 0 Å². The summed E-state index contributed by atoms with van der Waals surface area (Å²) in [6, 6.07) is 0. The van der Waals surface area contributed by atoms with Gasteiger partial charge in [0.25, 0.3) is 0 Å². The van der Waals surface area contributed by atoms with Crippen LogP contribution in [0.5, 0.6) is 0 Å². The Hall–Kier alpha value is -19.0. The minimum atomic E-state index is 1.75. The van der Waals surface area contributed by atoms with Gasteiger partial charge < -0.3 is 0 Å². The highest BCUT2D eigenvalue weighted by Gasteiger charge is 1.78. The zero-order valence-electron chi connectivity index (χ0n) is 85.4. The Labute approximate surface area is 888 Å². The second-order valence-electron chi connectivity index (χ2n) is 28.1. The Morgan fingerprint density at radius 3 is 0.122 bits per heavy atom. The van der Waals surface area contributed by atoms with E-state index in [0.717, 1.165) is 0 Å². The monoisotopic (exact) mass is 1920 g/mol. The molecule has 0 saturated heterocycles. The Balaban J connectivity index is 4.14. The smallest absolute Gasteiger partial charge is 0.0467 e. The number of allylic oxidation sites excluding steroid dienone is 145. The summed E-state index contributed by atoms with van der Waals surface area (Å²) in [6.07, 6.45) is 289. The van der Waals surface area contributed by atoms with E-state index in [1.165, 1.54) is 0 Å². The van der Waals surface area contributed by atoms with Crippen molar-refractivity contribution in [1.82, 2.24) is 0 Å². The maximum atomic E-state index is 3.64. The van der Waals surface area contributed by atoms with Gasteiger partial charge in [-0.1, -0.05) is 888 Å². The molecule has 0 amide bonds. The summed E-state index contributed by atoms with van der Waals surface area (Å²) < 4.78 is 0. The van der Waals surface area contributed by atoms with Crippen LogP contribution in [-0.2, 0) is 0 Å². The molecule has 0 heterocycles. The van der Waals surface area contributed by atoms with E-state index in [1.54, 1.807) is 6.08 Å². The molecule has 0 atom stereocenters. The molecule has 0 bridgehead atoms. The summed E-state index contributed by atoms with van der Waals surface area (Å²) in [5.74, 6) is 0. The molecule has 0 aliphatic rings. The predicted octanol–water partition coefficient (Wildman–Crippen LogP) is 41.2. The molecule has 0 rings (SSSR count). The van der Waals surface area contributed by atoms with Crippen molar-refractivity contribution in [3.63, 3.8) is 0 Å². The summed E-state index contributed by atoms with van der Waals surface area (Å²) in [5, 5.41) is 0. The van der Waals surface area contributed by atoms with E-state index in [-0.39, 0.29) is 0 Å². The lowest BCUT2D eigenvalue weighted by Crippen LogP contribution is -1.55. The van der Waals surface area contributed by atoms with Crippen molar-refractivity contribution in [2.24, 2.45) is 0 Å². The molecule has 0 radical (unpaired) electrons. The molecule has 0 aliphatic carbocycles. The van der Waals surface area contributed by atoms with Crippen LogP contribution >= 0.6 is 0 Å². The number of hydrogen-bond acceptors (Lipinski definition) is 0. The molecule has 0 unspecified atom stereocenters. The summed E-state index contributed by atoms with van der Waals surface area (Å²) in [4.78, 5) is 0. The van der Waals surface area contributed by atoms with Crippen molar-refractivity contribution in [2.75, 3.05) is 0 Å². The molecule has 0 aromatic carbocycles. The average molecular weight is 1920 g/mol. The maximum absolute atomic E-state index is 3.64. The van der Waals surface area contributed by atoms with Gasteiger partial charge in [0, 0.05) is 0 Å². The van der Waals surface area contributed by atoms with Gasteiger partial charge in [-0.2, -0.15) is 0 Å². The molecule has 0 aromatic rings. The van der Waals surface area contributed by atoms with Crippen molar-refractivity contribution in [2.45, 2.75) is 6.92 Å². The Morgan fingerprint density at radius 2 is 0.0884 bits per heavy atom. The van der Waals surface area contributed by atoms with Crippen LogP contribution in [-0.4, -0.2) is 0 Å². The van der Waals surface area contributed by atoms with E-state index in [9.17, 15) is 0 Å². The van der Waals surface area contributed by atoms with Crippen molar-refractivity contribution < 1.29 is 0 Å².